The Morgan fingerprint density at radius 1 is 0.714 bits per heavy atom. The minimum absolute atomic E-state index is 0.583. The number of hydrogen-bond donors (Lipinski definition) is 1. The zero-order valence-electron chi connectivity index (χ0n) is 11.3. The van der Waals surface area contributed by atoms with Gasteiger partial charge in [0.25, 0.3) is 0 Å². The van der Waals surface area contributed by atoms with Crippen molar-refractivity contribution in [3.05, 3.63) is 67.6 Å². The maximum atomic E-state index is 5.99. The van der Waals surface area contributed by atoms with Gasteiger partial charge >= 0.3 is 0 Å². The van der Waals surface area contributed by atoms with Gasteiger partial charge in [0.1, 0.15) is 0 Å². The molecule has 112 valence electrons. The average Bonchev–Trinajstić information content (AvgIpc) is 2.46. The topological polar surface area (TPSA) is 12.0 Å². The van der Waals surface area contributed by atoms with Crippen LogP contribution < -0.4 is 5.32 Å². The highest BCUT2D eigenvalue weighted by atomic mass is 35.5. The van der Waals surface area contributed by atoms with Crippen LogP contribution in [0.1, 0.15) is 17.5 Å². The normalized spacial score (nSPS) is 10.9. The molecular weight excluding hydrogens is 348 g/mol. The minimum atomic E-state index is 0.583. The smallest absolute Gasteiger partial charge is 0.0595 e. The standard InChI is InChI=1S/C16H15Cl4N/c17-13-5-3-11(8-15(13)19)2-1-7-21-10-12-4-6-14(18)16(20)9-12/h3-6,8-9,21H,1-2,7,10H2. The maximum Gasteiger partial charge on any atom is 0.0595 e. The van der Waals surface area contributed by atoms with Gasteiger partial charge < -0.3 is 5.32 Å². The highest BCUT2D eigenvalue weighted by Crippen LogP contribution is 2.23. The van der Waals surface area contributed by atoms with Gasteiger partial charge in [-0.1, -0.05) is 58.5 Å². The van der Waals surface area contributed by atoms with Crippen molar-refractivity contribution in [1.29, 1.82) is 0 Å². The van der Waals surface area contributed by atoms with E-state index in [2.05, 4.69) is 5.32 Å². The molecule has 0 fully saturated rings. The molecule has 5 heteroatoms. The summed E-state index contributed by atoms with van der Waals surface area (Å²) in [5.74, 6) is 0. The van der Waals surface area contributed by atoms with Crippen molar-refractivity contribution >= 4 is 46.4 Å². The molecule has 2 aromatic rings. The molecule has 0 aliphatic heterocycles. The van der Waals surface area contributed by atoms with Gasteiger partial charge in [-0.25, -0.2) is 0 Å². The third-order valence-electron chi connectivity index (χ3n) is 3.12. The first-order chi connectivity index (χ1) is 10.1. The first kappa shape index (κ1) is 16.9. The Kier molecular flexibility index (Phi) is 6.66. The van der Waals surface area contributed by atoms with E-state index >= 15 is 0 Å². The van der Waals surface area contributed by atoms with Gasteiger partial charge in [0, 0.05) is 6.54 Å². The van der Waals surface area contributed by atoms with Crippen molar-refractivity contribution in [3.63, 3.8) is 0 Å². The minimum Gasteiger partial charge on any atom is -0.313 e. The van der Waals surface area contributed by atoms with Crippen LogP contribution in [0.2, 0.25) is 20.1 Å². The summed E-state index contributed by atoms with van der Waals surface area (Å²) in [5.41, 5.74) is 2.32. The molecule has 0 radical (unpaired) electrons. The number of rotatable bonds is 6. The second-order valence-corrected chi connectivity index (χ2v) is 6.41. The molecular formula is C16H15Cl4N. The van der Waals surface area contributed by atoms with Crippen molar-refractivity contribution in [3.8, 4) is 0 Å². The van der Waals surface area contributed by atoms with Gasteiger partial charge in [-0.15, -0.1) is 0 Å². The molecule has 21 heavy (non-hydrogen) atoms. The zero-order chi connectivity index (χ0) is 15.2. The van der Waals surface area contributed by atoms with Crippen molar-refractivity contribution in [2.75, 3.05) is 6.54 Å². The van der Waals surface area contributed by atoms with Gasteiger partial charge in [-0.05, 0) is 54.8 Å². The molecule has 0 spiro atoms. The van der Waals surface area contributed by atoms with Crippen molar-refractivity contribution in [1.82, 2.24) is 5.32 Å². The van der Waals surface area contributed by atoms with Gasteiger partial charge in [0.2, 0.25) is 0 Å². The van der Waals surface area contributed by atoms with E-state index in [9.17, 15) is 0 Å². The summed E-state index contributed by atoms with van der Waals surface area (Å²) < 4.78 is 0. The fourth-order valence-electron chi connectivity index (χ4n) is 1.99. The summed E-state index contributed by atoms with van der Waals surface area (Å²) in [6.45, 7) is 1.69. The lowest BCUT2D eigenvalue weighted by atomic mass is 10.1. The van der Waals surface area contributed by atoms with Crippen LogP contribution >= 0.6 is 46.4 Å². The molecule has 0 unspecified atom stereocenters. The zero-order valence-corrected chi connectivity index (χ0v) is 14.3. The fraction of sp³-hybridized carbons (Fsp3) is 0.250. The van der Waals surface area contributed by atoms with E-state index in [1.165, 1.54) is 5.56 Å². The molecule has 0 amide bonds. The van der Waals surface area contributed by atoms with E-state index in [-0.39, 0.29) is 0 Å². The Hall–Kier alpha value is -0.440. The second kappa shape index (κ2) is 8.26. The molecule has 0 bridgehead atoms. The Labute approximate surface area is 145 Å². The summed E-state index contributed by atoms with van der Waals surface area (Å²) in [4.78, 5) is 0. The van der Waals surface area contributed by atoms with Gasteiger partial charge in [-0.3, -0.25) is 0 Å². The van der Waals surface area contributed by atoms with Crippen LogP contribution in [0.5, 0.6) is 0 Å². The first-order valence-corrected chi connectivity index (χ1v) is 8.16. The van der Waals surface area contributed by atoms with E-state index in [1.807, 2.05) is 36.4 Å². The van der Waals surface area contributed by atoms with E-state index in [0.29, 0.717) is 20.1 Å². The molecule has 0 aliphatic rings. The first-order valence-electron chi connectivity index (χ1n) is 6.65. The van der Waals surface area contributed by atoms with E-state index in [1.54, 1.807) is 0 Å². The number of aryl methyl sites for hydroxylation is 1. The lowest BCUT2D eigenvalue weighted by Gasteiger charge is -2.07. The summed E-state index contributed by atoms with van der Waals surface area (Å²) in [6, 6.07) is 11.4. The largest absolute Gasteiger partial charge is 0.313 e. The van der Waals surface area contributed by atoms with Crippen molar-refractivity contribution < 1.29 is 0 Å². The van der Waals surface area contributed by atoms with Crippen LogP contribution in [0.3, 0.4) is 0 Å². The third kappa shape index (κ3) is 5.36. The van der Waals surface area contributed by atoms with Crippen LogP contribution in [-0.4, -0.2) is 6.54 Å². The van der Waals surface area contributed by atoms with Crippen LogP contribution in [0.25, 0.3) is 0 Å². The Bertz CT molecular complexity index is 560. The quantitative estimate of drug-likeness (QED) is 0.619. The third-order valence-corrected chi connectivity index (χ3v) is 4.59. The lowest BCUT2D eigenvalue weighted by Crippen LogP contribution is -2.15. The Morgan fingerprint density at radius 2 is 1.29 bits per heavy atom. The molecule has 1 N–H and O–H groups in total. The summed E-state index contributed by atoms with van der Waals surface area (Å²) in [5, 5.41) is 5.76. The van der Waals surface area contributed by atoms with Crippen molar-refractivity contribution in [2.24, 2.45) is 0 Å². The van der Waals surface area contributed by atoms with E-state index < -0.39 is 0 Å². The molecule has 0 saturated heterocycles. The van der Waals surface area contributed by atoms with Crippen LogP contribution in [0, 0.1) is 0 Å². The van der Waals surface area contributed by atoms with Crippen LogP contribution in [0.15, 0.2) is 36.4 Å². The average molecular weight is 363 g/mol. The van der Waals surface area contributed by atoms with E-state index in [4.69, 9.17) is 46.4 Å². The number of halogens is 4. The van der Waals surface area contributed by atoms with E-state index in [0.717, 1.165) is 31.5 Å². The summed E-state index contributed by atoms with van der Waals surface area (Å²) in [6.07, 6.45) is 1.99. The molecule has 0 aliphatic carbocycles. The van der Waals surface area contributed by atoms with Gasteiger partial charge in [-0.2, -0.15) is 0 Å². The summed E-state index contributed by atoms with van der Waals surface area (Å²) in [7, 11) is 0. The van der Waals surface area contributed by atoms with Crippen LogP contribution in [-0.2, 0) is 13.0 Å². The molecule has 0 saturated carbocycles. The molecule has 0 heterocycles. The highest BCUT2D eigenvalue weighted by molar-refractivity contribution is 6.42. The Balaban J connectivity index is 1.72. The highest BCUT2D eigenvalue weighted by Gasteiger charge is 2.01. The van der Waals surface area contributed by atoms with Crippen molar-refractivity contribution in [2.45, 2.75) is 19.4 Å². The van der Waals surface area contributed by atoms with Gasteiger partial charge in [0.15, 0.2) is 0 Å². The second-order valence-electron chi connectivity index (χ2n) is 4.78. The number of hydrogen-bond acceptors (Lipinski definition) is 1. The van der Waals surface area contributed by atoms with Gasteiger partial charge in [0.05, 0.1) is 20.1 Å². The maximum absolute atomic E-state index is 5.99. The predicted molar refractivity (Wildman–Crippen MR) is 93.0 cm³/mol. The predicted octanol–water partition coefficient (Wildman–Crippen LogP) is 6.02. The lowest BCUT2D eigenvalue weighted by molar-refractivity contribution is 0.649. The SMILES string of the molecule is Clc1ccc(CCCNCc2ccc(Cl)c(Cl)c2)cc1Cl. The monoisotopic (exact) mass is 361 g/mol. The van der Waals surface area contributed by atoms with Crippen LogP contribution in [0.4, 0.5) is 0 Å². The Morgan fingerprint density at radius 3 is 1.90 bits per heavy atom. The fourth-order valence-corrected chi connectivity index (χ4v) is 2.64. The molecule has 1 nitrogen and oxygen atoms in total. The number of nitrogens with one attached hydrogen (secondary N) is 1. The summed E-state index contributed by atoms with van der Waals surface area (Å²) >= 11 is 23.7. The molecule has 2 rings (SSSR count). The number of benzene rings is 2. The molecule has 0 atom stereocenters. The molecule has 2 aromatic carbocycles. The molecule has 0 aromatic heterocycles.